The molecule has 8 heteroatoms. The SMILES string of the molecule is CCC(CC)C(=O)NC1CCN(c2nc3c(s2)c(C)nn3-c2ccc(OC)cc2)CC1. The van der Waals surface area contributed by atoms with Gasteiger partial charge in [-0.3, -0.25) is 4.79 Å². The molecule has 1 N–H and O–H groups in total. The van der Waals surface area contributed by atoms with E-state index in [4.69, 9.17) is 14.8 Å². The Hall–Kier alpha value is -2.61. The maximum Gasteiger partial charge on any atom is 0.223 e. The van der Waals surface area contributed by atoms with E-state index in [0.717, 1.165) is 71.4 Å². The summed E-state index contributed by atoms with van der Waals surface area (Å²) in [5.41, 5.74) is 2.85. The van der Waals surface area contributed by atoms with Crippen molar-refractivity contribution >= 4 is 32.7 Å². The van der Waals surface area contributed by atoms with Crippen LogP contribution in [0.5, 0.6) is 5.75 Å². The molecule has 1 aliphatic rings. The molecule has 3 aromatic rings. The average Bonchev–Trinajstić information content (AvgIpc) is 3.36. The average molecular weight is 442 g/mol. The van der Waals surface area contributed by atoms with Crippen molar-refractivity contribution < 1.29 is 9.53 Å². The van der Waals surface area contributed by atoms with Gasteiger partial charge in [0.25, 0.3) is 0 Å². The van der Waals surface area contributed by atoms with Crippen molar-refractivity contribution in [1.29, 1.82) is 0 Å². The Labute approximate surface area is 187 Å². The van der Waals surface area contributed by atoms with Crippen LogP contribution in [0, 0.1) is 12.8 Å². The molecule has 1 fully saturated rings. The van der Waals surface area contributed by atoms with Gasteiger partial charge in [-0.1, -0.05) is 25.2 Å². The molecule has 1 saturated heterocycles. The summed E-state index contributed by atoms with van der Waals surface area (Å²) >= 11 is 1.70. The summed E-state index contributed by atoms with van der Waals surface area (Å²) in [5.74, 6) is 1.16. The molecule has 1 aromatic carbocycles. The molecule has 0 saturated carbocycles. The Morgan fingerprint density at radius 2 is 1.90 bits per heavy atom. The Morgan fingerprint density at radius 3 is 2.52 bits per heavy atom. The summed E-state index contributed by atoms with van der Waals surface area (Å²) in [6, 6.07) is 8.13. The van der Waals surface area contributed by atoms with Crippen LogP contribution < -0.4 is 15.0 Å². The normalized spacial score (nSPS) is 15.1. The third-order valence-corrected chi connectivity index (χ3v) is 7.38. The number of aromatic nitrogens is 3. The van der Waals surface area contributed by atoms with Gasteiger partial charge < -0.3 is 15.0 Å². The molecule has 0 aliphatic carbocycles. The summed E-state index contributed by atoms with van der Waals surface area (Å²) in [7, 11) is 1.67. The lowest BCUT2D eigenvalue weighted by molar-refractivity contribution is -0.126. The third kappa shape index (κ3) is 4.39. The van der Waals surface area contributed by atoms with E-state index in [0.29, 0.717) is 0 Å². The lowest BCUT2D eigenvalue weighted by Crippen LogP contribution is -2.46. The van der Waals surface area contributed by atoms with Crippen molar-refractivity contribution in [3.05, 3.63) is 30.0 Å². The number of methoxy groups -OCH3 is 1. The van der Waals surface area contributed by atoms with Crippen LogP contribution in [0.3, 0.4) is 0 Å². The summed E-state index contributed by atoms with van der Waals surface area (Å²) in [6.07, 6.45) is 3.70. The molecule has 0 spiro atoms. The van der Waals surface area contributed by atoms with Crippen molar-refractivity contribution in [2.24, 2.45) is 5.92 Å². The highest BCUT2D eigenvalue weighted by Gasteiger charge is 2.26. The van der Waals surface area contributed by atoms with Crippen LogP contribution in [0.15, 0.2) is 24.3 Å². The highest BCUT2D eigenvalue weighted by atomic mass is 32.1. The fourth-order valence-corrected chi connectivity index (χ4v) is 5.19. The largest absolute Gasteiger partial charge is 0.497 e. The summed E-state index contributed by atoms with van der Waals surface area (Å²) in [6.45, 7) is 8.00. The number of nitrogens with one attached hydrogen (secondary N) is 1. The lowest BCUT2D eigenvalue weighted by Gasteiger charge is -2.32. The van der Waals surface area contributed by atoms with E-state index in [1.807, 2.05) is 35.9 Å². The third-order valence-electron chi connectivity index (χ3n) is 6.16. The number of amides is 1. The predicted octanol–water partition coefficient (Wildman–Crippen LogP) is 4.32. The molecule has 1 amide bonds. The number of carbonyl (C=O) groups excluding carboxylic acids is 1. The van der Waals surface area contributed by atoms with Crippen LogP contribution in [0.2, 0.25) is 0 Å². The van der Waals surface area contributed by atoms with E-state index >= 15 is 0 Å². The number of anilines is 1. The number of piperidine rings is 1. The number of carbonyl (C=O) groups is 1. The first-order chi connectivity index (χ1) is 15.0. The number of fused-ring (bicyclic) bond motifs is 1. The maximum absolute atomic E-state index is 12.4. The standard InChI is InChI=1S/C23H31N5O2S/c1-5-16(6-2)22(29)24-17-11-13-27(14-12-17)23-25-21-20(31-23)15(3)26-28(21)18-7-9-19(30-4)10-8-18/h7-10,16-17H,5-6,11-14H2,1-4H3,(H,24,29). The lowest BCUT2D eigenvalue weighted by atomic mass is 10.00. The van der Waals surface area contributed by atoms with Crippen LogP contribution in [-0.2, 0) is 4.79 Å². The van der Waals surface area contributed by atoms with Gasteiger partial charge in [0.1, 0.15) is 5.75 Å². The molecule has 2 aromatic heterocycles. The number of ether oxygens (including phenoxy) is 1. The van der Waals surface area contributed by atoms with Crippen LogP contribution in [0.25, 0.3) is 16.0 Å². The van der Waals surface area contributed by atoms with Crippen molar-refractivity contribution in [3.63, 3.8) is 0 Å². The van der Waals surface area contributed by atoms with E-state index in [9.17, 15) is 4.79 Å². The molecule has 0 radical (unpaired) electrons. The zero-order valence-electron chi connectivity index (χ0n) is 18.7. The first-order valence-corrected chi connectivity index (χ1v) is 11.9. The fourth-order valence-electron chi connectivity index (χ4n) is 4.16. The summed E-state index contributed by atoms with van der Waals surface area (Å²) in [5, 5.41) is 8.98. The minimum Gasteiger partial charge on any atom is -0.497 e. The van der Waals surface area contributed by atoms with E-state index in [1.54, 1.807) is 18.4 Å². The Kier molecular flexibility index (Phi) is 6.46. The monoisotopic (exact) mass is 441 g/mol. The topological polar surface area (TPSA) is 72.3 Å². The van der Waals surface area contributed by atoms with E-state index in [1.165, 1.54) is 0 Å². The van der Waals surface area contributed by atoms with Gasteiger partial charge in [0.2, 0.25) is 5.91 Å². The Bertz CT molecular complexity index is 1030. The van der Waals surface area contributed by atoms with Gasteiger partial charge in [-0.15, -0.1) is 0 Å². The van der Waals surface area contributed by atoms with Crippen molar-refractivity contribution in [2.75, 3.05) is 25.1 Å². The first-order valence-electron chi connectivity index (χ1n) is 11.1. The maximum atomic E-state index is 12.4. The van der Waals surface area contributed by atoms with Crippen molar-refractivity contribution in [1.82, 2.24) is 20.1 Å². The first kappa shape index (κ1) is 21.6. The molecule has 31 heavy (non-hydrogen) atoms. The molecule has 166 valence electrons. The second-order valence-corrected chi connectivity index (χ2v) is 9.11. The molecule has 3 heterocycles. The molecule has 7 nitrogen and oxygen atoms in total. The highest BCUT2D eigenvalue weighted by Crippen LogP contribution is 2.34. The zero-order valence-corrected chi connectivity index (χ0v) is 19.5. The number of benzene rings is 1. The number of hydrogen-bond acceptors (Lipinski definition) is 6. The summed E-state index contributed by atoms with van der Waals surface area (Å²) in [4.78, 5) is 19.7. The van der Waals surface area contributed by atoms with E-state index < -0.39 is 0 Å². The minimum atomic E-state index is 0.131. The molecule has 0 atom stereocenters. The van der Waals surface area contributed by atoms with Crippen LogP contribution in [0.4, 0.5) is 5.13 Å². The van der Waals surface area contributed by atoms with Crippen LogP contribution in [0.1, 0.15) is 45.2 Å². The van der Waals surface area contributed by atoms with Gasteiger partial charge in [0.05, 0.1) is 23.2 Å². The fraction of sp³-hybridized carbons (Fsp3) is 0.522. The van der Waals surface area contributed by atoms with Gasteiger partial charge in [-0.2, -0.15) is 10.1 Å². The number of aryl methyl sites for hydroxylation is 1. The van der Waals surface area contributed by atoms with Crippen molar-refractivity contribution in [2.45, 2.75) is 52.5 Å². The van der Waals surface area contributed by atoms with Gasteiger partial charge in [-0.25, -0.2) is 4.68 Å². The number of rotatable bonds is 7. The van der Waals surface area contributed by atoms with Gasteiger partial charge in [-0.05, 0) is 56.9 Å². The molecule has 0 unspecified atom stereocenters. The molecular weight excluding hydrogens is 410 g/mol. The Balaban J connectivity index is 1.47. The van der Waals surface area contributed by atoms with Crippen LogP contribution in [-0.4, -0.2) is 46.9 Å². The molecule has 4 rings (SSSR count). The summed E-state index contributed by atoms with van der Waals surface area (Å²) < 4.78 is 8.29. The number of nitrogens with zero attached hydrogens (tertiary/aromatic N) is 4. The molecule has 0 bridgehead atoms. The predicted molar refractivity (Wildman–Crippen MR) is 125 cm³/mol. The van der Waals surface area contributed by atoms with Gasteiger partial charge in [0, 0.05) is 25.0 Å². The second kappa shape index (κ2) is 9.26. The number of hydrogen-bond donors (Lipinski definition) is 1. The zero-order chi connectivity index (χ0) is 22.0. The molecule has 1 aliphatic heterocycles. The van der Waals surface area contributed by atoms with E-state index in [-0.39, 0.29) is 17.9 Å². The van der Waals surface area contributed by atoms with Crippen LogP contribution >= 0.6 is 11.3 Å². The quantitative estimate of drug-likeness (QED) is 0.591. The smallest absolute Gasteiger partial charge is 0.223 e. The highest BCUT2D eigenvalue weighted by molar-refractivity contribution is 7.22. The minimum absolute atomic E-state index is 0.131. The van der Waals surface area contributed by atoms with Gasteiger partial charge in [0.15, 0.2) is 10.8 Å². The Morgan fingerprint density at radius 1 is 1.23 bits per heavy atom. The van der Waals surface area contributed by atoms with Gasteiger partial charge >= 0.3 is 0 Å². The molecular formula is C23H31N5O2S. The second-order valence-electron chi connectivity index (χ2n) is 8.13. The van der Waals surface area contributed by atoms with E-state index in [2.05, 4.69) is 24.1 Å². The number of thiazole rings is 1. The van der Waals surface area contributed by atoms with Crippen molar-refractivity contribution in [3.8, 4) is 11.4 Å².